The fraction of sp³-hybridized carbons (Fsp3) is 0.200. The largest absolute Gasteiger partial charge is 0.469 e. The molecule has 168 valence electrons. The zero-order valence-corrected chi connectivity index (χ0v) is 18.1. The minimum atomic E-state index is -4.64. The Labute approximate surface area is 185 Å². The Morgan fingerprint density at radius 1 is 1.25 bits per heavy atom. The highest BCUT2D eigenvalue weighted by atomic mass is 32.2. The van der Waals surface area contributed by atoms with Gasteiger partial charge in [0.15, 0.2) is 5.13 Å². The number of carbonyl (C=O) groups is 1. The molecular formula is C20H16F3N3O4S2. The third kappa shape index (κ3) is 5.49. The average molecular weight is 483 g/mol. The van der Waals surface area contributed by atoms with Gasteiger partial charge in [0.25, 0.3) is 10.0 Å². The molecule has 0 bridgehead atoms. The van der Waals surface area contributed by atoms with E-state index in [0.717, 1.165) is 29.5 Å². The first-order chi connectivity index (χ1) is 15.0. The van der Waals surface area contributed by atoms with Gasteiger partial charge in [-0.3, -0.25) is 9.52 Å². The first kappa shape index (κ1) is 23.4. The number of halogens is 3. The molecule has 0 saturated carbocycles. The quantitative estimate of drug-likeness (QED) is 0.419. The Hall–Kier alpha value is -3.30. The molecule has 0 atom stereocenters. The molecule has 0 radical (unpaired) electrons. The lowest BCUT2D eigenvalue weighted by Gasteiger charge is -2.13. The number of sulfonamides is 1. The highest BCUT2D eigenvalue weighted by Gasteiger charge is 2.31. The minimum absolute atomic E-state index is 0.0264. The van der Waals surface area contributed by atoms with Crippen molar-refractivity contribution in [3.05, 3.63) is 47.5 Å². The number of nitrogens with two attached hydrogens (primary N) is 1. The van der Waals surface area contributed by atoms with Gasteiger partial charge in [0.1, 0.15) is 0 Å². The fourth-order valence-electron chi connectivity index (χ4n) is 2.63. The number of hydrogen-bond donors (Lipinski definition) is 2. The number of carbonyl (C=O) groups excluding carboxylic acids is 1. The van der Waals surface area contributed by atoms with E-state index in [2.05, 4.69) is 26.3 Å². The van der Waals surface area contributed by atoms with Crippen LogP contribution in [0, 0.1) is 11.8 Å². The zero-order valence-electron chi connectivity index (χ0n) is 16.5. The first-order valence-corrected chi connectivity index (χ1v) is 11.3. The molecule has 0 amide bonds. The molecule has 2 aromatic carbocycles. The summed E-state index contributed by atoms with van der Waals surface area (Å²) in [5, 5.41) is 0.273. The van der Waals surface area contributed by atoms with Crippen molar-refractivity contribution in [3.8, 4) is 11.8 Å². The lowest BCUT2D eigenvalue weighted by atomic mass is 10.1. The van der Waals surface area contributed by atoms with Crippen molar-refractivity contribution in [1.82, 2.24) is 4.98 Å². The number of nitrogens with zero attached hydrogens (tertiary/aromatic N) is 1. The van der Waals surface area contributed by atoms with Crippen molar-refractivity contribution in [2.45, 2.75) is 23.9 Å². The Balaban J connectivity index is 1.95. The molecule has 1 heterocycles. The van der Waals surface area contributed by atoms with Crippen molar-refractivity contribution in [3.63, 3.8) is 0 Å². The van der Waals surface area contributed by atoms with Gasteiger partial charge in [0.2, 0.25) is 0 Å². The van der Waals surface area contributed by atoms with Crippen LogP contribution in [0.3, 0.4) is 0 Å². The van der Waals surface area contributed by atoms with E-state index in [0.29, 0.717) is 10.2 Å². The number of rotatable bonds is 5. The number of aromatic nitrogens is 1. The Morgan fingerprint density at radius 3 is 2.69 bits per heavy atom. The molecule has 0 unspecified atom stereocenters. The van der Waals surface area contributed by atoms with Crippen molar-refractivity contribution in [2.75, 3.05) is 17.6 Å². The van der Waals surface area contributed by atoms with Crippen LogP contribution in [0.25, 0.3) is 10.2 Å². The highest BCUT2D eigenvalue weighted by Crippen LogP contribution is 2.33. The Bertz CT molecular complexity index is 1340. The summed E-state index contributed by atoms with van der Waals surface area (Å²) in [5.41, 5.74) is 4.86. The zero-order chi connectivity index (χ0) is 23.5. The van der Waals surface area contributed by atoms with Gasteiger partial charge < -0.3 is 10.5 Å². The van der Waals surface area contributed by atoms with Crippen LogP contribution >= 0.6 is 11.3 Å². The van der Waals surface area contributed by atoms with Crippen molar-refractivity contribution in [2.24, 2.45) is 0 Å². The number of hydrogen-bond acceptors (Lipinski definition) is 7. The summed E-state index contributed by atoms with van der Waals surface area (Å²) in [4.78, 5) is 15.1. The van der Waals surface area contributed by atoms with E-state index in [4.69, 9.17) is 5.73 Å². The van der Waals surface area contributed by atoms with E-state index in [1.165, 1.54) is 25.3 Å². The van der Waals surface area contributed by atoms with Crippen molar-refractivity contribution in [1.29, 1.82) is 0 Å². The molecule has 0 fully saturated rings. The molecule has 0 aliphatic carbocycles. The van der Waals surface area contributed by atoms with Crippen LogP contribution in [-0.4, -0.2) is 26.5 Å². The average Bonchev–Trinajstić information content (AvgIpc) is 3.10. The molecule has 3 rings (SSSR count). The number of fused-ring (bicyclic) bond motifs is 1. The number of esters is 1. The summed E-state index contributed by atoms with van der Waals surface area (Å²) in [6, 6.07) is 6.67. The minimum Gasteiger partial charge on any atom is -0.469 e. The third-order valence-electron chi connectivity index (χ3n) is 4.18. The van der Waals surface area contributed by atoms with Crippen LogP contribution in [0.4, 0.5) is 24.0 Å². The van der Waals surface area contributed by atoms with Crippen LogP contribution in [0.5, 0.6) is 0 Å². The van der Waals surface area contributed by atoms with Crippen LogP contribution in [0.15, 0.2) is 41.3 Å². The second-order valence-electron chi connectivity index (χ2n) is 6.42. The lowest BCUT2D eigenvalue weighted by Crippen LogP contribution is -2.14. The molecule has 0 spiro atoms. The third-order valence-corrected chi connectivity index (χ3v) is 6.39. The number of thiazole rings is 1. The van der Waals surface area contributed by atoms with E-state index in [9.17, 15) is 26.4 Å². The summed E-state index contributed by atoms with van der Waals surface area (Å²) in [6.07, 6.45) is -4.67. The number of ether oxygens (including phenoxy) is 1. The molecule has 0 aliphatic rings. The lowest BCUT2D eigenvalue weighted by molar-refractivity contribution is -0.140. The van der Waals surface area contributed by atoms with E-state index in [-0.39, 0.29) is 34.1 Å². The first-order valence-electron chi connectivity index (χ1n) is 8.95. The van der Waals surface area contributed by atoms with Crippen molar-refractivity contribution < 1.29 is 31.1 Å². The van der Waals surface area contributed by atoms with Gasteiger partial charge in [-0.25, -0.2) is 13.4 Å². The van der Waals surface area contributed by atoms with Gasteiger partial charge in [0.05, 0.1) is 39.9 Å². The van der Waals surface area contributed by atoms with Crippen LogP contribution in [0.2, 0.25) is 0 Å². The normalized spacial score (nSPS) is 11.6. The van der Waals surface area contributed by atoms with Crippen LogP contribution in [-0.2, 0) is 25.7 Å². The van der Waals surface area contributed by atoms with Gasteiger partial charge >= 0.3 is 12.1 Å². The molecule has 0 saturated heterocycles. The molecule has 12 heteroatoms. The summed E-state index contributed by atoms with van der Waals surface area (Å²) in [7, 11) is -2.95. The SMILES string of the molecule is COC(=O)CCC#Cc1cc(C(F)(F)F)ccc1NS(=O)(=O)c1ccc2nc(N)sc2c1. The van der Waals surface area contributed by atoms with Crippen LogP contribution in [0.1, 0.15) is 24.0 Å². The van der Waals surface area contributed by atoms with Gasteiger partial charge in [-0.1, -0.05) is 23.2 Å². The van der Waals surface area contributed by atoms with Gasteiger partial charge in [-0.15, -0.1) is 0 Å². The summed E-state index contributed by atoms with van der Waals surface area (Å²) in [5.74, 6) is 4.54. The maximum absolute atomic E-state index is 13.1. The number of methoxy groups -OCH3 is 1. The maximum atomic E-state index is 13.1. The number of anilines is 2. The van der Waals surface area contributed by atoms with Gasteiger partial charge in [0, 0.05) is 12.0 Å². The topological polar surface area (TPSA) is 111 Å². The van der Waals surface area contributed by atoms with E-state index < -0.39 is 27.7 Å². The summed E-state index contributed by atoms with van der Waals surface area (Å²) < 4.78 is 72.4. The number of benzene rings is 2. The molecule has 7 nitrogen and oxygen atoms in total. The second kappa shape index (κ2) is 9.05. The predicted molar refractivity (Wildman–Crippen MR) is 114 cm³/mol. The highest BCUT2D eigenvalue weighted by molar-refractivity contribution is 7.92. The van der Waals surface area contributed by atoms with Crippen LogP contribution < -0.4 is 10.5 Å². The van der Waals surface area contributed by atoms with Gasteiger partial charge in [-0.2, -0.15) is 13.2 Å². The Morgan fingerprint density at radius 2 is 2.00 bits per heavy atom. The molecule has 1 aromatic heterocycles. The monoisotopic (exact) mass is 483 g/mol. The van der Waals surface area contributed by atoms with Gasteiger partial charge in [-0.05, 0) is 36.4 Å². The second-order valence-corrected chi connectivity index (χ2v) is 9.17. The number of nitrogen functional groups attached to an aromatic ring is 1. The molecule has 0 aliphatic heterocycles. The molecule has 3 N–H and O–H groups in total. The number of nitrogens with one attached hydrogen (secondary N) is 1. The van der Waals surface area contributed by atoms with E-state index >= 15 is 0 Å². The Kier molecular flexibility index (Phi) is 6.61. The van der Waals surface area contributed by atoms with E-state index in [1.54, 1.807) is 0 Å². The fourth-order valence-corrected chi connectivity index (χ4v) is 4.58. The predicted octanol–water partition coefficient (Wildman–Crippen LogP) is 4.00. The van der Waals surface area contributed by atoms with E-state index in [1.807, 2.05) is 0 Å². The molecule has 32 heavy (non-hydrogen) atoms. The number of alkyl halides is 3. The summed E-state index contributed by atoms with van der Waals surface area (Å²) in [6.45, 7) is 0. The maximum Gasteiger partial charge on any atom is 0.416 e. The van der Waals surface area contributed by atoms with Crippen molar-refractivity contribution >= 4 is 48.4 Å². The molecular weight excluding hydrogens is 467 g/mol. The standard InChI is InChI=1S/C20H16F3N3O4S2/c1-30-18(27)5-3-2-4-12-10-13(20(21,22)23)6-8-15(12)26-32(28,29)14-7-9-16-17(11-14)31-19(24)25-16/h6-11,26H,3,5H2,1H3,(H2,24,25). The summed E-state index contributed by atoms with van der Waals surface area (Å²) >= 11 is 1.10. The molecule has 3 aromatic rings. The smallest absolute Gasteiger partial charge is 0.416 e.